The number of nitro benzene ring substituents is 1. The fourth-order valence-corrected chi connectivity index (χ4v) is 5.01. The standard InChI is InChI=1S/C15H19N5O6S3/c1-9(2)27-15-18-17-14(28-15)16-13(21)8-19(29(4,24)25)11-7-10(20(22)23)5-6-12(11)26-3/h5-7,9H,8H2,1-4H3,(H,16,17,21). The van der Waals surface area contributed by atoms with Crippen LogP contribution < -0.4 is 14.4 Å². The summed E-state index contributed by atoms with van der Waals surface area (Å²) in [5.74, 6) is -0.610. The van der Waals surface area contributed by atoms with Gasteiger partial charge in [-0.1, -0.05) is 36.9 Å². The number of ether oxygens (including phenoxy) is 1. The van der Waals surface area contributed by atoms with Gasteiger partial charge >= 0.3 is 0 Å². The van der Waals surface area contributed by atoms with E-state index in [0.29, 0.717) is 4.34 Å². The van der Waals surface area contributed by atoms with Crippen LogP contribution in [0.25, 0.3) is 0 Å². The molecule has 0 saturated heterocycles. The zero-order valence-corrected chi connectivity index (χ0v) is 18.4. The van der Waals surface area contributed by atoms with Gasteiger partial charge in [0.25, 0.3) is 5.69 Å². The van der Waals surface area contributed by atoms with Gasteiger partial charge in [-0.05, 0) is 6.07 Å². The molecule has 0 bridgehead atoms. The van der Waals surface area contributed by atoms with Crippen molar-refractivity contribution in [3.05, 3.63) is 28.3 Å². The molecule has 1 heterocycles. The number of carbonyl (C=O) groups is 1. The molecule has 1 amide bonds. The minimum Gasteiger partial charge on any atom is -0.495 e. The largest absolute Gasteiger partial charge is 0.495 e. The summed E-state index contributed by atoms with van der Waals surface area (Å²) in [6.07, 6.45) is 0.890. The number of aromatic nitrogens is 2. The predicted molar refractivity (Wildman–Crippen MR) is 111 cm³/mol. The first kappa shape index (κ1) is 22.8. The van der Waals surface area contributed by atoms with Crippen LogP contribution in [-0.4, -0.2) is 54.6 Å². The molecule has 0 unspecified atom stereocenters. The number of nitrogens with one attached hydrogen (secondary N) is 1. The highest BCUT2D eigenvalue weighted by molar-refractivity contribution is 8.01. The molecule has 158 valence electrons. The van der Waals surface area contributed by atoms with E-state index in [1.54, 1.807) is 0 Å². The Balaban J connectivity index is 2.28. The molecule has 1 aromatic heterocycles. The molecule has 1 aromatic carbocycles. The number of benzene rings is 1. The molecule has 1 N–H and O–H groups in total. The van der Waals surface area contributed by atoms with Crippen molar-refractivity contribution in [2.24, 2.45) is 0 Å². The van der Waals surface area contributed by atoms with Crippen LogP contribution in [0.4, 0.5) is 16.5 Å². The smallest absolute Gasteiger partial charge is 0.271 e. The van der Waals surface area contributed by atoms with Crippen molar-refractivity contribution in [2.75, 3.05) is 29.5 Å². The van der Waals surface area contributed by atoms with Crippen molar-refractivity contribution in [1.82, 2.24) is 10.2 Å². The summed E-state index contributed by atoms with van der Waals surface area (Å²) in [6, 6.07) is 3.48. The maximum absolute atomic E-state index is 12.4. The van der Waals surface area contributed by atoms with Crippen molar-refractivity contribution in [1.29, 1.82) is 0 Å². The molecule has 0 atom stereocenters. The van der Waals surface area contributed by atoms with Crippen LogP contribution in [-0.2, 0) is 14.8 Å². The number of sulfonamides is 1. The van der Waals surface area contributed by atoms with E-state index in [9.17, 15) is 23.3 Å². The van der Waals surface area contributed by atoms with Crippen LogP contribution in [0.5, 0.6) is 5.75 Å². The van der Waals surface area contributed by atoms with Crippen LogP contribution in [0, 0.1) is 10.1 Å². The molecule has 11 nitrogen and oxygen atoms in total. The summed E-state index contributed by atoms with van der Waals surface area (Å²) >= 11 is 2.64. The first-order chi connectivity index (χ1) is 13.5. The van der Waals surface area contributed by atoms with Crippen LogP contribution in [0.1, 0.15) is 13.8 Å². The molecule has 2 aromatic rings. The fraction of sp³-hybridized carbons (Fsp3) is 0.400. The average Bonchev–Trinajstić information content (AvgIpc) is 3.04. The second-order valence-corrected chi connectivity index (χ2v) is 10.7. The Morgan fingerprint density at radius 3 is 2.66 bits per heavy atom. The van der Waals surface area contributed by atoms with E-state index >= 15 is 0 Å². The average molecular weight is 462 g/mol. The van der Waals surface area contributed by atoms with Crippen molar-refractivity contribution in [3.63, 3.8) is 0 Å². The number of hydrogen-bond donors (Lipinski definition) is 1. The molecule has 0 aliphatic carbocycles. The van der Waals surface area contributed by atoms with Gasteiger partial charge in [0.1, 0.15) is 18.0 Å². The summed E-state index contributed by atoms with van der Waals surface area (Å²) < 4.78 is 31.1. The van der Waals surface area contributed by atoms with E-state index in [2.05, 4.69) is 15.5 Å². The van der Waals surface area contributed by atoms with Crippen molar-refractivity contribution in [3.8, 4) is 5.75 Å². The molecule has 0 radical (unpaired) electrons. The van der Waals surface area contributed by atoms with Crippen LogP contribution in [0.15, 0.2) is 22.5 Å². The lowest BCUT2D eigenvalue weighted by Crippen LogP contribution is -2.37. The summed E-state index contributed by atoms with van der Waals surface area (Å²) in [7, 11) is -2.67. The monoisotopic (exact) mass is 461 g/mol. The van der Waals surface area contributed by atoms with E-state index in [1.165, 1.54) is 31.0 Å². The van der Waals surface area contributed by atoms with Gasteiger partial charge in [-0.2, -0.15) is 0 Å². The van der Waals surface area contributed by atoms with Crippen LogP contribution in [0.2, 0.25) is 0 Å². The van der Waals surface area contributed by atoms with Crippen molar-refractivity contribution >= 4 is 55.5 Å². The Bertz CT molecular complexity index is 1010. The van der Waals surface area contributed by atoms with E-state index in [-0.39, 0.29) is 27.5 Å². The zero-order valence-electron chi connectivity index (χ0n) is 16.0. The molecule has 29 heavy (non-hydrogen) atoms. The van der Waals surface area contributed by atoms with E-state index in [1.807, 2.05) is 13.8 Å². The van der Waals surface area contributed by atoms with Crippen molar-refractivity contribution in [2.45, 2.75) is 23.4 Å². The Morgan fingerprint density at radius 2 is 2.10 bits per heavy atom. The number of nitrogens with zero attached hydrogens (tertiary/aromatic N) is 4. The highest BCUT2D eigenvalue weighted by atomic mass is 32.2. The zero-order chi connectivity index (χ0) is 21.8. The molecule has 0 saturated carbocycles. The van der Waals surface area contributed by atoms with Gasteiger partial charge in [-0.15, -0.1) is 10.2 Å². The number of amides is 1. The van der Waals surface area contributed by atoms with E-state index < -0.39 is 27.4 Å². The number of nitro groups is 1. The molecule has 0 aliphatic rings. The number of carbonyl (C=O) groups excluding carboxylic acids is 1. The Kier molecular flexibility index (Phi) is 7.37. The SMILES string of the molecule is COc1ccc([N+](=O)[O-])cc1N(CC(=O)Nc1nnc(SC(C)C)s1)S(C)(=O)=O. The second kappa shape index (κ2) is 9.37. The Hall–Kier alpha value is -2.45. The molecule has 2 rings (SSSR count). The van der Waals surface area contributed by atoms with Crippen LogP contribution in [0.3, 0.4) is 0 Å². The topological polar surface area (TPSA) is 145 Å². The maximum Gasteiger partial charge on any atom is 0.271 e. The molecule has 0 fully saturated rings. The predicted octanol–water partition coefficient (Wildman–Crippen LogP) is 2.36. The number of methoxy groups -OCH3 is 1. The third kappa shape index (κ3) is 6.27. The third-order valence-corrected chi connectivity index (χ3v) is 6.37. The summed E-state index contributed by atoms with van der Waals surface area (Å²) in [6.45, 7) is 3.35. The lowest BCUT2D eigenvalue weighted by molar-refractivity contribution is -0.384. The van der Waals surface area contributed by atoms with Gasteiger partial charge in [0, 0.05) is 17.4 Å². The van der Waals surface area contributed by atoms with Gasteiger partial charge in [-0.25, -0.2) is 8.42 Å². The molecular formula is C15H19N5O6S3. The van der Waals surface area contributed by atoms with Crippen LogP contribution >= 0.6 is 23.1 Å². The quantitative estimate of drug-likeness (QED) is 0.257. The first-order valence-corrected chi connectivity index (χ1v) is 11.7. The number of hydrogen-bond acceptors (Lipinski definition) is 10. The summed E-state index contributed by atoms with van der Waals surface area (Å²) in [5, 5.41) is 21.9. The first-order valence-electron chi connectivity index (χ1n) is 8.11. The summed E-state index contributed by atoms with van der Waals surface area (Å²) in [5.41, 5.74) is -0.456. The third-order valence-electron chi connectivity index (χ3n) is 3.32. The minimum absolute atomic E-state index is 0.0698. The maximum atomic E-state index is 12.4. The molecule has 14 heteroatoms. The number of anilines is 2. The second-order valence-electron chi connectivity index (χ2n) is 5.97. The van der Waals surface area contributed by atoms with E-state index in [4.69, 9.17) is 4.74 Å². The lowest BCUT2D eigenvalue weighted by Gasteiger charge is -2.23. The number of non-ortho nitro benzene ring substituents is 1. The van der Waals surface area contributed by atoms with Gasteiger partial charge in [0.2, 0.25) is 21.1 Å². The molecule has 0 aliphatic heterocycles. The van der Waals surface area contributed by atoms with Gasteiger partial charge in [0.15, 0.2) is 4.34 Å². The van der Waals surface area contributed by atoms with Gasteiger partial charge in [0.05, 0.1) is 18.3 Å². The molecular weight excluding hydrogens is 442 g/mol. The lowest BCUT2D eigenvalue weighted by atomic mass is 10.2. The fourth-order valence-electron chi connectivity index (χ4n) is 2.17. The normalized spacial score (nSPS) is 11.3. The Labute approximate surface area is 175 Å². The molecule has 0 spiro atoms. The van der Waals surface area contributed by atoms with Crippen molar-refractivity contribution < 1.29 is 22.9 Å². The van der Waals surface area contributed by atoms with Gasteiger partial charge < -0.3 is 4.74 Å². The highest BCUT2D eigenvalue weighted by Crippen LogP contribution is 2.34. The Morgan fingerprint density at radius 1 is 1.41 bits per heavy atom. The minimum atomic E-state index is -3.96. The number of rotatable bonds is 9. The van der Waals surface area contributed by atoms with Gasteiger partial charge in [-0.3, -0.25) is 24.5 Å². The summed E-state index contributed by atoms with van der Waals surface area (Å²) in [4.78, 5) is 22.8. The number of thioether (sulfide) groups is 1. The highest BCUT2D eigenvalue weighted by Gasteiger charge is 2.26. The van der Waals surface area contributed by atoms with E-state index in [0.717, 1.165) is 28.0 Å².